The molecule has 0 radical (unpaired) electrons. The van der Waals surface area contributed by atoms with E-state index in [9.17, 15) is 10.1 Å². The molecular formula is C33H36ClN7O3. The van der Waals surface area contributed by atoms with E-state index in [1.54, 1.807) is 18.5 Å². The number of hydrogen-bond donors (Lipinski definition) is 4. The molecule has 0 saturated heterocycles. The Morgan fingerprint density at radius 1 is 0.864 bits per heavy atom. The number of hydrogen-bond acceptors (Lipinski definition) is 7. The first-order valence-electron chi connectivity index (χ1n) is 14.8. The van der Waals surface area contributed by atoms with Gasteiger partial charge in [0.2, 0.25) is 5.75 Å². The fourth-order valence-electron chi connectivity index (χ4n) is 4.92. The van der Waals surface area contributed by atoms with Gasteiger partial charge in [0.05, 0.1) is 57.9 Å². The highest BCUT2D eigenvalue weighted by Gasteiger charge is 2.30. The van der Waals surface area contributed by atoms with Gasteiger partial charge in [-0.05, 0) is 48.7 Å². The predicted molar refractivity (Wildman–Crippen MR) is 173 cm³/mol. The van der Waals surface area contributed by atoms with Crippen molar-refractivity contribution < 1.29 is 9.66 Å². The molecule has 3 aromatic carbocycles. The van der Waals surface area contributed by atoms with Crippen LogP contribution in [0.3, 0.4) is 0 Å². The summed E-state index contributed by atoms with van der Waals surface area (Å²) in [7, 11) is 0. The third-order valence-electron chi connectivity index (χ3n) is 7.09. The number of rotatable bonds is 15. The van der Waals surface area contributed by atoms with Gasteiger partial charge in [0.25, 0.3) is 0 Å². The first kappa shape index (κ1) is 30.9. The summed E-state index contributed by atoms with van der Waals surface area (Å²) in [5.74, 6) is 1.68. The van der Waals surface area contributed by atoms with Crippen LogP contribution in [0.15, 0.2) is 73.1 Å². The summed E-state index contributed by atoms with van der Waals surface area (Å²) < 4.78 is 6.25. The van der Waals surface area contributed by atoms with Crippen LogP contribution >= 0.6 is 11.6 Å². The van der Waals surface area contributed by atoms with E-state index in [0.717, 1.165) is 48.6 Å². The third-order valence-corrected chi connectivity index (χ3v) is 7.38. The zero-order valence-corrected chi connectivity index (χ0v) is 25.6. The molecule has 5 rings (SSSR count). The Bertz CT molecular complexity index is 1680. The maximum atomic E-state index is 12.8. The standard InChI is InChI=1S/C33H36ClN7O3/c1-3-14-35-19-29-37-17-27(39-29)23-10-12-24(13-11-23)31-26(34)16-25(28-18-38-30(40-28)20-36-15-4-2)33(32(31)41(42)43)44-21-22-8-6-5-7-9-22/h5-13,16-18,35-36H,3-4,14-15,19-21H2,1-2H3,(H,37,39)(H,38,40). The maximum absolute atomic E-state index is 12.8. The van der Waals surface area contributed by atoms with E-state index >= 15 is 0 Å². The molecule has 4 N–H and O–H groups in total. The lowest BCUT2D eigenvalue weighted by atomic mass is 9.97. The zero-order chi connectivity index (χ0) is 30.9. The molecule has 0 spiro atoms. The zero-order valence-electron chi connectivity index (χ0n) is 24.8. The molecule has 11 heteroatoms. The molecular weight excluding hydrogens is 578 g/mol. The second-order valence-electron chi connectivity index (χ2n) is 10.4. The van der Waals surface area contributed by atoms with Crippen LogP contribution in [0.2, 0.25) is 5.02 Å². The summed E-state index contributed by atoms with van der Waals surface area (Å²) in [6.07, 6.45) is 5.48. The largest absolute Gasteiger partial charge is 0.481 e. The molecule has 0 aliphatic carbocycles. The van der Waals surface area contributed by atoms with E-state index in [4.69, 9.17) is 16.3 Å². The Morgan fingerprint density at radius 3 is 2.07 bits per heavy atom. The van der Waals surface area contributed by atoms with Crippen molar-refractivity contribution in [2.45, 2.75) is 46.4 Å². The molecule has 0 atom stereocenters. The van der Waals surface area contributed by atoms with E-state index in [0.29, 0.717) is 35.7 Å². The molecule has 0 bridgehead atoms. The first-order valence-corrected chi connectivity index (χ1v) is 15.1. The predicted octanol–water partition coefficient (Wildman–Crippen LogP) is 7.27. The number of halogens is 1. The van der Waals surface area contributed by atoms with Crippen molar-refractivity contribution in [3.63, 3.8) is 0 Å². The van der Waals surface area contributed by atoms with Crippen LogP contribution in [0, 0.1) is 10.1 Å². The molecule has 2 heterocycles. The van der Waals surface area contributed by atoms with Crippen molar-refractivity contribution in [2.75, 3.05) is 13.1 Å². The topological polar surface area (TPSA) is 134 Å². The molecule has 5 aromatic rings. The summed E-state index contributed by atoms with van der Waals surface area (Å²) in [4.78, 5) is 27.9. The summed E-state index contributed by atoms with van der Waals surface area (Å²) in [6, 6.07) is 18.7. The summed E-state index contributed by atoms with van der Waals surface area (Å²) in [5.41, 5.74) is 4.37. The van der Waals surface area contributed by atoms with Crippen molar-refractivity contribution in [1.82, 2.24) is 30.6 Å². The Kier molecular flexibility index (Phi) is 10.4. The van der Waals surface area contributed by atoms with Gasteiger partial charge in [-0.3, -0.25) is 10.1 Å². The Balaban J connectivity index is 1.53. The van der Waals surface area contributed by atoms with Gasteiger partial charge in [-0.25, -0.2) is 9.97 Å². The van der Waals surface area contributed by atoms with Gasteiger partial charge >= 0.3 is 5.69 Å². The van der Waals surface area contributed by atoms with Gasteiger partial charge in [-0.15, -0.1) is 0 Å². The highest BCUT2D eigenvalue weighted by molar-refractivity contribution is 6.34. The van der Waals surface area contributed by atoms with Crippen LogP contribution in [0.1, 0.15) is 43.9 Å². The number of H-pyrrole nitrogens is 2. The Hall–Kier alpha value is -4.51. The van der Waals surface area contributed by atoms with E-state index in [1.807, 2.05) is 54.6 Å². The van der Waals surface area contributed by atoms with E-state index in [2.05, 4.69) is 44.4 Å². The summed E-state index contributed by atoms with van der Waals surface area (Å²) in [5, 5.41) is 19.6. The van der Waals surface area contributed by atoms with Crippen molar-refractivity contribution in [2.24, 2.45) is 0 Å². The Labute approximate surface area is 261 Å². The van der Waals surface area contributed by atoms with Gasteiger partial charge in [0.15, 0.2) is 0 Å². The second-order valence-corrected chi connectivity index (χ2v) is 10.8. The van der Waals surface area contributed by atoms with Gasteiger partial charge in [-0.2, -0.15) is 0 Å². The fraction of sp³-hybridized carbons (Fsp3) is 0.273. The number of aromatic amines is 2. The van der Waals surface area contributed by atoms with Crippen molar-refractivity contribution >= 4 is 17.3 Å². The summed E-state index contributed by atoms with van der Waals surface area (Å²) in [6.45, 7) is 7.31. The fourth-order valence-corrected chi connectivity index (χ4v) is 5.22. The van der Waals surface area contributed by atoms with Gasteiger partial charge < -0.3 is 25.3 Å². The van der Waals surface area contributed by atoms with Crippen LogP contribution in [-0.4, -0.2) is 37.9 Å². The molecule has 44 heavy (non-hydrogen) atoms. The molecule has 228 valence electrons. The van der Waals surface area contributed by atoms with Crippen LogP contribution in [0.4, 0.5) is 5.69 Å². The van der Waals surface area contributed by atoms with Crippen molar-refractivity contribution in [3.8, 4) is 39.4 Å². The second kappa shape index (κ2) is 14.8. The number of nitro groups is 1. The number of benzene rings is 3. The molecule has 0 unspecified atom stereocenters. The molecule has 0 amide bonds. The van der Waals surface area contributed by atoms with Crippen LogP contribution < -0.4 is 15.4 Å². The van der Waals surface area contributed by atoms with E-state index < -0.39 is 4.92 Å². The van der Waals surface area contributed by atoms with Gasteiger partial charge in [-0.1, -0.05) is 80.0 Å². The minimum Gasteiger partial charge on any atom is -0.481 e. The minimum absolute atomic E-state index is 0.122. The smallest absolute Gasteiger partial charge is 0.320 e. The molecule has 0 fully saturated rings. The van der Waals surface area contributed by atoms with Gasteiger partial charge in [0.1, 0.15) is 18.3 Å². The van der Waals surface area contributed by atoms with Gasteiger partial charge in [0, 0.05) is 0 Å². The number of nitrogens with one attached hydrogen (secondary N) is 4. The lowest BCUT2D eigenvalue weighted by Gasteiger charge is -2.16. The molecule has 10 nitrogen and oxygen atoms in total. The minimum atomic E-state index is -0.427. The third kappa shape index (κ3) is 7.34. The van der Waals surface area contributed by atoms with E-state index in [1.165, 1.54) is 0 Å². The number of nitrogens with zero attached hydrogens (tertiary/aromatic N) is 3. The average Bonchev–Trinajstić information content (AvgIpc) is 3.71. The number of imidazole rings is 2. The molecule has 2 aromatic heterocycles. The average molecular weight is 614 g/mol. The normalized spacial score (nSPS) is 11.2. The van der Waals surface area contributed by atoms with Crippen LogP contribution in [0.25, 0.3) is 33.6 Å². The number of nitro benzene ring substituents is 1. The highest BCUT2D eigenvalue weighted by atomic mass is 35.5. The number of aromatic nitrogens is 4. The van der Waals surface area contributed by atoms with E-state index in [-0.39, 0.29) is 28.6 Å². The lowest BCUT2D eigenvalue weighted by molar-refractivity contribution is -0.385. The molecule has 0 aliphatic heterocycles. The number of ether oxygens (including phenoxy) is 1. The summed E-state index contributed by atoms with van der Waals surface area (Å²) >= 11 is 6.85. The first-order chi connectivity index (χ1) is 21.5. The lowest BCUT2D eigenvalue weighted by Crippen LogP contribution is -2.14. The monoisotopic (exact) mass is 613 g/mol. The van der Waals surface area contributed by atoms with Crippen LogP contribution in [-0.2, 0) is 19.7 Å². The molecule has 0 aliphatic rings. The quantitative estimate of drug-likeness (QED) is 0.0554. The van der Waals surface area contributed by atoms with Crippen molar-refractivity contribution in [1.29, 1.82) is 0 Å². The maximum Gasteiger partial charge on any atom is 0.320 e. The van der Waals surface area contributed by atoms with Crippen molar-refractivity contribution in [3.05, 3.63) is 105 Å². The van der Waals surface area contributed by atoms with Crippen LogP contribution in [0.5, 0.6) is 5.75 Å². The Morgan fingerprint density at radius 2 is 1.45 bits per heavy atom. The highest BCUT2D eigenvalue weighted by Crippen LogP contribution is 2.48. The molecule has 0 saturated carbocycles. The SMILES string of the molecule is CCCNCc1ncc(-c2ccc(-c3c(Cl)cc(-c4cnc(CNCCC)[nH]4)c(OCc4ccccc4)c3[N+](=O)[O-])cc2)[nH]1.